The first-order valence-corrected chi connectivity index (χ1v) is 19.5. The summed E-state index contributed by atoms with van der Waals surface area (Å²) < 4.78 is 40.6. The molecule has 0 fully saturated rings. The van der Waals surface area contributed by atoms with Gasteiger partial charge in [-0.05, 0) is 95.2 Å². The number of benzene rings is 3. The molecule has 1 aliphatic carbocycles. The smallest absolute Gasteiger partial charge is 0.430 e. The highest BCUT2D eigenvalue weighted by Crippen LogP contribution is 2.48. The molecule has 3 aliphatic rings. The molecule has 55 heavy (non-hydrogen) atoms. The van der Waals surface area contributed by atoms with Gasteiger partial charge in [-0.2, -0.15) is 17.7 Å². The Morgan fingerprint density at radius 2 is 1.56 bits per heavy atom. The number of aliphatic carboxylic acids is 1. The summed E-state index contributed by atoms with van der Waals surface area (Å²) >= 11 is 4.05. The Hall–Kier alpha value is -4.66. The number of carbonyl (C=O) groups excluding carboxylic acids is 2. The molecule has 1 atom stereocenters. The van der Waals surface area contributed by atoms with E-state index in [0.29, 0.717) is 18.1 Å². The summed E-state index contributed by atoms with van der Waals surface area (Å²) in [5, 5.41) is 8.78. The van der Waals surface area contributed by atoms with Crippen LogP contribution in [0.15, 0.2) is 119 Å². The second-order valence-electron chi connectivity index (χ2n) is 15.1. The zero-order valence-electron chi connectivity index (χ0n) is 32.0. The maximum atomic E-state index is 12.3. The fraction of sp³-hybridized carbons (Fsp3) is 0.378. The van der Waals surface area contributed by atoms with E-state index in [9.17, 15) is 18.0 Å². The molecule has 3 aromatic rings. The van der Waals surface area contributed by atoms with Crippen LogP contribution in [-0.2, 0) is 20.4 Å². The number of carboxylic acids is 1. The number of ether oxygens (including phenoxy) is 1. The van der Waals surface area contributed by atoms with Crippen molar-refractivity contribution in [2.24, 2.45) is 5.92 Å². The Morgan fingerprint density at radius 1 is 0.927 bits per heavy atom. The molecular weight excluding hydrogens is 769 g/mol. The molecule has 1 unspecified atom stereocenters. The van der Waals surface area contributed by atoms with Crippen LogP contribution in [0.5, 0.6) is 5.75 Å². The maximum Gasteiger partial charge on any atom is 0.430 e. The summed E-state index contributed by atoms with van der Waals surface area (Å²) in [6.07, 6.45) is 8.32. The Balaban J connectivity index is 0.000000757. The molecule has 6 rings (SSSR count). The van der Waals surface area contributed by atoms with Crippen LogP contribution in [0.2, 0.25) is 0 Å². The quantitative estimate of drug-likeness (QED) is 0.0670. The number of carboxylic acid groups (broad SMARTS) is 1. The number of fused-ring (bicyclic) bond motifs is 2. The van der Waals surface area contributed by atoms with Gasteiger partial charge in [-0.25, -0.2) is 0 Å². The second-order valence-corrected chi connectivity index (χ2v) is 16.0. The number of rotatable bonds is 10. The van der Waals surface area contributed by atoms with E-state index in [0.717, 1.165) is 45.1 Å². The van der Waals surface area contributed by atoms with Gasteiger partial charge in [-0.3, -0.25) is 4.79 Å². The largest absolute Gasteiger partial charge is 0.542 e. The number of esters is 1. The van der Waals surface area contributed by atoms with E-state index < -0.39 is 12.1 Å². The van der Waals surface area contributed by atoms with Gasteiger partial charge in [-0.1, -0.05) is 83.0 Å². The lowest BCUT2D eigenvalue weighted by atomic mass is 9.81. The fourth-order valence-corrected chi connectivity index (χ4v) is 8.37. The molecule has 0 saturated heterocycles. The van der Waals surface area contributed by atoms with Crippen LogP contribution in [0, 0.1) is 5.92 Å². The number of hydrogen-bond donors (Lipinski definition) is 0. The van der Waals surface area contributed by atoms with Gasteiger partial charge in [0.2, 0.25) is 5.69 Å². The zero-order chi connectivity index (χ0) is 40.0. The molecule has 0 bridgehead atoms. The summed E-state index contributed by atoms with van der Waals surface area (Å²) in [6.45, 7) is 10.2. The number of para-hydroxylation sites is 3. The highest BCUT2D eigenvalue weighted by molar-refractivity contribution is 9.11. The van der Waals surface area contributed by atoms with Crippen molar-refractivity contribution in [3.05, 3.63) is 130 Å². The number of anilines is 1. The molecule has 3 aromatic carbocycles. The molecule has 2 heterocycles. The molecule has 0 radical (unpaired) electrons. The lowest BCUT2D eigenvalue weighted by molar-refractivity contribution is -0.401. The highest BCUT2D eigenvalue weighted by Gasteiger charge is 2.43. The molecule has 0 aromatic heterocycles. The predicted molar refractivity (Wildman–Crippen MR) is 213 cm³/mol. The van der Waals surface area contributed by atoms with Crippen molar-refractivity contribution >= 4 is 45.0 Å². The number of allylic oxidation sites excluding steroid dienone is 5. The van der Waals surface area contributed by atoms with E-state index in [2.05, 4.69) is 133 Å². The van der Waals surface area contributed by atoms with Gasteiger partial charge in [0, 0.05) is 52.2 Å². The van der Waals surface area contributed by atoms with E-state index in [4.69, 9.17) is 14.6 Å². The maximum absolute atomic E-state index is 12.3. The SMILES string of the molecule is C[N+]1=C(/C=C/C2=C(Br)C(C=C=C3N(CCCCCC(=O)Oc4ccccc4)c4ccccc4C3(C)C)CCC2)C(C)(C)c2ccccc21.O=C([O-])C(F)(F)F. The van der Waals surface area contributed by atoms with Crippen molar-refractivity contribution in [3.63, 3.8) is 0 Å². The number of nitrogens with zero attached hydrogens (tertiary/aromatic N) is 2. The van der Waals surface area contributed by atoms with Crippen LogP contribution in [0.25, 0.3) is 0 Å². The average Bonchev–Trinajstić information content (AvgIpc) is 3.48. The number of hydrogen-bond acceptors (Lipinski definition) is 5. The Labute approximate surface area is 330 Å². The van der Waals surface area contributed by atoms with E-state index in [-0.39, 0.29) is 16.8 Å². The van der Waals surface area contributed by atoms with Crippen molar-refractivity contribution in [1.29, 1.82) is 0 Å². The molecular formula is C45H48BrF3N2O4. The topological polar surface area (TPSA) is 72.7 Å². The minimum Gasteiger partial charge on any atom is -0.542 e. The molecule has 6 nitrogen and oxygen atoms in total. The Morgan fingerprint density at radius 3 is 2.24 bits per heavy atom. The standard InChI is InChI=1S/C43H48BrN2O2.C2HF3O2/c1-42(2)34-21-11-13-23-36(34)45(5)38(42)28-26-31-17-16-18-32(41(31)44)27-29-39-43(3,4)35-22-12-14-24-37(35)46(39)30-15-7-10-25-40(47)48-33-19-8-6-9-20-33;3-2(4,5)1(6)7/h6,8-9,11-14,19-24,26-28,32H,7,10,15-18,25,30H2,1-5H3;(H,6,7)/q+1;/p-1/b28-26+;. The van der Waals surface area contributed by atoms with Crippen molar-refractivity contribution in [1.82, 2.24) is 0 Å². The van der Waals surface area contributed by atoms with Gasteiger partial charge in [0.05, 0.1) is 11.1 Å². The predicted octanol–water partition coefficient (Wildman–Crippen LogP) is 10.00. The van der Waals surface area contributed by atoms with Crippen LogP contribution < -0.4 is 14.7 Å². The van der Waals surface area contributed by atoms with Gasteiger partial charge in [0.25, 0.3) is 0 Å². The summed E-state index contributed by atoms with van der Waals surface area (Å²) in [4.78, 5) is 23.6. The number of alkyl halides is 3. The molecule has 0 spiro atoms. The summed E-state index contributed by atoms with van der Waals surface area (Å²) in [5.41, 5.74) is 12.9. The van der Waals surface area contributed by atoms with E-state index in [1.165, 1.54) is 44.0 Å². The first-order valence-electron chi connectivity index (χ1n) is 18.7. The van der Waals surface area contributed by atoms with Gasteiger partial charge in [-0.15, -0.1) is 5.73 Å². The minimum atomic E-state index is -5.19. The first-order chi connectivity index (χ1) is 26.0. The van der Waals surface area contributed by atoms with E-state index in [1.807, 2.05) is 30.3 Å². The van der Waals surface area contributed by atoms with Crippen molar-refractivity contribution in [2.45, 2.75) is 89.6 Å². The Kier molecular flexibility index (Phi) is 13.1. The van der Waals surface area contributed by atoms with Crippen LogP contribution in [0.4, 0.5) is 24.5 Å². The van der Waals surface area contributed by atoms with Gasteiger partial charge < -0.3 is 19.5 Å². The summed E-state index contributed by atoms with van der Waals surface area (Å²) in [7, 11) is 2.18. The Bertz CT molecular complexity index is 2060. The van der Waals surface area contributed by atoms with Gasteiger partial charge in [0.15, 0.2) is 5.71 Å². The van der Waals surface area contributed by atoms with E-state index >= 15 is 0 Å². The lowest BCUT2D eigenvalue weighted by Gasteiger charge is -2.26. The fourth-order valence-electron chi connectivity index (χ4n) is 7.68. The van der Waals surface area contributed by atoms with Crippen LogP contribution in [0.3, 0.4) is 0 Å². The minimum absolute atomic E-state index is 0.0365. The monoisotopic (exact) mass is 816 g/mol. The van der Waals surface area contributed by atoms with Crippen LogP contribution in [-0.4, -0.2) is 42.0 Å². The number of carbonyl (C=O) groups is 2. The molecule has 2 aliphatic heterocycles. The van der Waals surface area contributed by atoms with E-state index in [1.54, 1.807) is 0 Å². The van der Waals surface area contributed by atoms with Crippen LogP contribution >= 0.6 is 15.9 Å². The van der Waals surface area contributed by atoms with Crippen molar-refractivity contribution in [2.75, 3.05) is 18.5 Å². The first kappa shape index (κ1) is 41.5. The third-order valence-corrected chi connectivity index (χ3v) is 11.7. The molecule has 0 N–H and O–H groups in total. The highest BCUT2D eigenvalue weighted by atomic mass is 79.9. The molecule has 0 saturated carbocycles. The lowest BCUT2D eigenvalue weighted by Crippen LogP contribution is -2.37. The summed E-state index contributed by atoms with van der Waals surface area (Å²) in [6, 6.07) is 26.8. The normalized spacial score (nSPS) is 18.4. The molecule has 0 amide bonds. The zero-order valence-corrected chi connectivity index (χ0v) is 33.6. The molecule has 10 heteroatoms. The van der Waals surface area contributed by atoms with Crippen molar-refractivity contribution in [3.8, 4) is 5.75 Å². The third kappa shape index (κ3) is 9.60. The van der Waals surface area contributed by atoms with Gasteiger partial charge in [0.1, 0.15) is 18.8 Å². The second kappa shape index (κ2) is 17.4. The average molecular weight is 818 g/mol. The number of halogens is 4. The number of unbranched alkanes of at least 4 members (excludes halogenated alkanes) is 2. The third-order valence-electron chi connectivity index (χ3n) is 10.6. The van der Waals surface area contributed by atoms with Gasteiger partial charge >= 0.3 is 12.1 Å². The van der Waals surface area contributed by atoms with Crippen molar-refractivity contribution < 1.29 is 37.2 Å². The van der Waals surface area contributed by atoms with Crippen LogP contribution in [0.1, 0.15) is 83.8 Å². The molecule has 290 valence electrons. The summed E-state index contributed by atoms with van der Waals surface area (Å²) in [5.74, 6) is -2.27.